The van der Waals surface area contributed by atoms with Crippen LogP contribution in [0.15, 0.2) is 170 Å². The maximum Gasteiger partial charge on any atom is 0.336 e. The third-order valence-corrected chi connectivity index (χ3v) is 12.3. The lowest BCUT2D eigenvalue weighted by molar-refractivity contribution is -0.170. The fourth-order valence-electron chi connectivity index (χ4n) is 8.18. The average Bonchev–Trinajstić information content (AvgIpc) is 0.834. The number of likely N-dealkylation sites (N-methyl/N-ethyl adjacent to an activating group) is 2. The Bertz CT molecular complexity index is 3660. The van der Waals surface area contributed by atoms with Gasteiger partial charge in [-0.05, 0) is 127 Å². The molecule has 0 bridgehead atoms. The molecular weight excluding hydrogens is 1150 g/mol. The SMILES string of the molecule is C.CCOc1cc2ncc(C#N)c(Nc3ccc(Oc4ccccc4)cc3)c2cc1NC(=O)/C=C/CN(C)C.CCOc1cc2ncc(C#N)c(Nc3ccc(Oc4ccccc4)cc3)c2cc1NC(=O)/C=C/CN(C)C.O=C(O)CC(O)(CC(=O)O)C(=O)O. The minimum absolute atomic E-state index is 0. The van der Waals surface area contributed by atoms with Crippen LogP contribution in [0.4, 0.5) is 34.1 Å². The van der Waals surface area contributed by atoms with Gasteiger partial charge in [0, 0.05) is 71.9 Å². The first-order valence-electron chi connectivity index (χ1n) is 27.5. The summed E-state index contributed by atoms with van der Waals surface area (Å²) >= 11 is 0. The molecule has 2 aromatic heterocycles. The van der Waals surface area contributed by atoms with E-state index >= 15 is 0 Å². The van der Waals surface area contributed by atoms with Crippen molar-refractivity contribution in [2.45, 2.75) is 39.7 Å². The number of nitrogens with zero attached hydrogens (tertiary/aromatic N) is 6. The number of benzene rings is 6. The highest BCUT2D eigenvalue weighted by Gasteiger charge is 2.41. The average molecular weight is 1220 g/mol. The number of carbonyl (C=O) groups excluding carboxylic acids is 2. The van der Waals surface area contributed by atoms with E-state index in [0.717, 1.165) is 22.9 Å². The fraction of sp³-hybridized carbons (Fsp3) is 0.209. The minimum Gasteiger partial charge on any atom is -0.492 e. The topological polar surface area (TPSA) is 331 Å². The molecule has 8 N–H and O–H groups in total. The van der Waals surface area contributed by atoms with E-state index in [0.29, 0.717) is 105 Å². The number of fused-ring (bicyclic) bond motifs is 2. The summed E-state index contributed by atoms with van der Waals surface area (Å²) in [6.45, 7) is 5.87. The molecule has 23 heteroatoms. The summed E-state index contributed by atoms with van der Waals surface area (Å²) in [5.74, 6) is -1.70. The fourth-order valence-corrected chi connectivity index (χ4v) is 8.18. The van der Waals surface area contributed by atoms with Gasteiger partial charge in [-0.1, -0.05) is 56.0 Å². The highest BCUT2D eigenvalue weighted by Crippen LogP contribution is 2.39. The zero-order valence-electron chi connectivity index (χ0n) is 49.6. The van der Waals surface area contributed by atoms with Crippen molar-refractivity contribution in [1.29, 1.82) is 10.5 Å². The Balaban J connectivity index is 0.000000271. The van der Waals surface area contributed by atoms with E-state index in [1.807, 2.05) is 161 Å². The Hall–Kier alpha value is -11.4. The monoisotopic (exact) mass is 1220 g/mol. The van der Waals surface area contributed by atoms with Crippen molar-refractivity contribution in [3.63, 3.8) is 0 Å². The van der Waals surface area contributed by atoms with Gasteiger partial charge in [0.2, 0.25) is 11.8 Å². The number of carboxylic acids is 3. The number of hydrogen-bond donors (Lipinski definition) is 8. The van der Waals surface area contributed by atoms with Gasteiger partial charge in [0.1, 0.15) is 46.6 Å². The molecule has 0 atom stereocenters. The van der Waals surface area contributed by atoms with Gasteiger partial charge in [-0.2, -0.15) is 10.5 Å². The standard InChI is InChI=1S/2C30H29N5O3.C6H8O7.CH4/c2*1-4-37-28-18-26-25(17-27(28)34-29(36)11-8-16-35(2)3)30(21(19-31)20-32-26)33-22-12-14-24(15-13-22)38-23-9-6-5-7-10-23;7-3(8)1-6(13,5(11)12)2-4(9)10;/h2*5-15,17-18,20H,4,16H2,1-3H3,(H,32,33)(H,34,36);13H,1-2H2,(H,7,8)(H,9,10)(H,11,12);1H4/b2*11-8+;;. The number of pyridine rings is 2. The highest BCUT2D eigenvalue weighted by molar-refractivity contribution is 6.06. The van der Waals surface area contributed by atoms with Crippen LogP contribution < -0.4 is 40.2 Å². The second kappa shape index (κ2) is 34.1. The molecule has 0 aliphatic carbocycles. The van der Waals surface area contributed by atoms with Crippen molar-refractivity contribution in [2.24, 2.45) is 0 Å². The van der Waals surface area contributed by atoms with Crippen LogP contribution in [-0.4, -0.2) is 130 Å². The van der Waals surface area contributed by atoms with Gasteiger partial charge < -0.3 is 70.4 Å². The highest BCUT2D eigenvalue weighted by atomic mass is 16.5. The van der Waals surface area contributed by atoms with E-state index in [2.05, 4.69) is 43.4 Å². The number of nitriles is 2. The molecule has 0 saturated heterocycles. The number of rotatable bonds is 25. The molecule has 466 valence electrons. The van der Waals surface area contributed by atoms with Crippen LogP contribution in [0.5, 0.6) is 34.5 Å². The molecule has 0 radical (unpaired) electrons. The molecule has 0 aliphatic rings. The van der Waals surface area contributed by atoms with Crippen molar-refractivity contribution in [1.82, 2.24) is 19.8 Å². The van der Waals surface area contributed by atoms with E-state index in [4.69, 9.17) is 39.4 Å². The smallest absolute Gasteiger partial charge is 0.336 e. The summed E-state index contributed by atoms with van der Waals surface area (Å²) in [6, 6.07) is 45.5. The number of nitrogens with one attached hydrogen (secondary N) is 4. The summed E-state index contributed by atoms with van der Waals surface area (Å²) in [5, 5.41) is 67.2. The molecule has 6 aromatic carbocycles. The van der Waals surface area contributed by atoms with Gasteiger partial charge in [-0.3, -0.25) is 29.1 Å². The summed E-state index contributed by atoms with van der Waals surface area (Å²) < 4.78 is 23.3. The van der Waals surface area contributed by atoms with Crippen molar-refractivity contribution < 1.29 is 63.3 Å². The maximum atomic E-state index is 12.6. The first kappa shape index (κ1) is 69.4. The van der Waals surface area contributed by atoms with Crippen molar-refractivity contribution in [3.8, 4) is 46.6 Å². The van der Waals surface area contributed by atoms with E-state index in [-0.39, 0.29) is 19.2 Å². The third kappa shape index (κ3) is 21.0. The van der Waals surface area contributed by atoms with Crippen LogP contribution in [0, 0.1) is 22.7 Å². The zero-order valence-corrected chi connectivity index (χ0v) is 49.6. The molecular formula is C67H70N10O13. The van der Waals surface area contributed by atoms with Crippen molar-refractivity contribution in [2.75, 3.05) is 75.8 Å². The molecule has 0 aliphatic heterocycles. The number of anilines is 6. The molecule has 0 fully saturated rings. The largest absolute Gasteiger partial charge is 0.492 e. The number of amides is 2. The first-order valence-corrected chi connectivity index (χ1v) is 27.5. The zero-order chi connectivity index (χ0) is 64.5. The number of para-hydroxylation sites is 2. The number of carbonyl (C=O) groups is 5. The van der Waals surface area contributed by atoms with Crippen LogP contribution in [0.3, 0.4) is 0 Å². The van der Waals surface area contributed by atoms with E-state index in [9.17, 15) is 34.5 Å². The second-order valence-corrected chi connectivity index (χ2v) is 19.8. The Labute approximate surface area is 520 Å². The number of ether oxygens (including phenoxy) is 4. The summed E-state index contributed by atoms with van der Waals surface area (Å²) in [5.41, 5.74) is 2.92. The predicted molar refractivity (Wildman–Crippen MR) is 344 cm³/mol. The Kier molecular flexibility index (Phi) is 26.3. The number of hydrogen-bond acceptors (Lipinski definition) is 18. The Morgan fingerprint density at radius 2 is 0.911 bits per heavy atom. The molecule has 90 heavy (non-hydrogen) atoms. The lowest BCUT2D eigenvalue weighted by Crippen LogP contribution is -2.42. The normalized spacial score (nSPS) is 10.8. The van der Waals surface area contributed by atoms with Gasteiger partial charge in [-0.15, -0.1) is 0 Å². The van der Waals surface area contributed by atoms with E-state index in [1.54, 1.807) is 36.4 Å². The van der Waals surface area contributed by atoms with Crippen LogP contribution in [0.1, 0.15) is 45.2 Å². The van der Waals surface area contributed by atoms with Crippen molar-refractivity contribution in [3.05, 3.63) is 181 Å². The van der Waals surface area contributed by atoms with Crippen LogP contribution >= 0.6 is 0 Å². The number of aliphatic carboxylic acids is 3. The van der Waals surface area contributed by atoms with Gasteiger partial charge in [0.05, 0.1) is 71.0 Å². The molecule has 8 rings (SSSR count). The molecule has 2 heterocycles. The maximum absolute atomic E-state index is 12.6. The number of carboxylic acid groups (broad SMARTS) is 3. The van der Waals surface area contributed by atoms with E-state index in [1.165, 1.54) is 24.5 Å². The predicted octanol–water partition coefficient (Wildman–Crippen LogP) is 11.6. The summed E-state index contributed by atoms with van der Waals surface area (Å²) in [6.07, 6.45) is 7.30. The molecule has 23 nitrogen and oxygen atoms in total. The molecule has 0 unspecified atom stereocenters. The number of aliphatic hydroxyl groups is 1. The third-order valence-electron chi connectivity index (χ3n) is 12.3. The van der Waals surface area contributed by atoms with Gasteiger partial charge in [0.15, 0.2) is 5.60 Å². The van der Waals surface area contributed by atoms with E-state index < -0.39 is 36.4 Å². The Morgan fingerprint density at radius 1 is 0.556 bits per heavy atom. The van der Waals surface area contributed by atoms with Crippen LogP contribution in [-0.2, 0) is 24.0 Å². The lowest BCUT2D eigenvalue weighted by atomic mass is 9.96. The quantitative estimate of drug-likeness (QED) is 0.0246. The Morgan fingerprint density at radius 3 is 1.22 bits per heavy atom. The molecule has 0 spiro atoms. The molecule has 0 saturated carbocycles. The molecule has 8 aromatic rings. The van der Waals surface area contributed by atoms with Gasteiger partial charge in [-0.25, -0.2) is 4.79 Å². The van der Waals surface area contributed by atoms with Crippen LogP contribution in [0.25, 0.3) is 21.8 Å². The van der Waals surface area contributed by atoms with Gasteiger partial charge >= 0.3 is 17.9 Å². The first-order chi connectivity index (χ1) is 42.7. The van der Waals surface area contributed by atoms with Crippen molar-refractivity contribution >= 4 is 85.7 Å². The van der Waals surface area contributed by atoms with Crippen LogP contribution in [0.2, 0.25) is 0 Å². The summed E-state index contributed by atoms with van der Waals surface area (Å²) in [4.78, 5) is 68.5. The number of aromatic nitrogens is 2. The summed E-state index contributed by atoms with van der Waals surface area (Å²) in [7, 11) is 7.71. The lowest BCUT2D eigenvalue weighted by Gasteiger charge is -2.18. The minimum atomic E-state index is -2.74. The second-order valence-electron chi connectivity index (χ2n) is 19.8. The molecule has 2 amide bonds. The van der Waals surface area contributed by atoms with Gasteiger partial charge in [0.25, 0.3) is 0 Å².